The lowest BCUT2D eigenvalue weighted by molar-refractivity contribution is 0.0662. The minimum absolute atomic E-state index is 0.261. The molecular formula is C24H28N4O3. The summed E-state index contributed by atoms with van der Waals surface area (Å²) in [5.41, 5.74) is 1.98. The number of hydrogen-bond donors (Lipinski definition) is 1. The number of pyridine rings is 2. The lowest BCUT2D eigenvalue weighted by Gasteiger charge is -2.36. The summed E-state index contributed by atoms with van der Waals surface area (Å²) in [5.74, 6) is 2.47. The number of methoxy groups -OCH3 is 1. The van der Waals surface area contributed by atoms with Crippen molar-refractivity contribution < 1.29 is 14.6 Å². The van der Waals surface area contributed by atoms with E-state index in [1.165, 1.54) is 0 Å². The van der Waals surface area contributed by atoms with Gasteiger partial charge in [0.05, 0.1) is 12.8 Å². The molecule has 3 aromatic rings. The van der Waals surface area contributed by atoms with Crippen molar-refractivity contribution in [2.75, 3.05) is 51.3 Å². The van der Waals surface area contributed by atoms with E-state index in [2.05, 4.69) is 25.8 Å². The summed E-state index contributed by atoms with van der Waals surface area (Å²) >= 11 is 0. The van der Waals surface area contributed by atoms with E-state index in [0.29, 0.717) is 6.54 Å². The van der Waals surface area contributed by atoms with Gasteiger partial charge in [-0.25, -0.2) is 4.98 Å². The number of piperazine rings is 1. The zero-order valence-corrected chi connectivity index (χ0v) is 17.7. The van der Waals surface area contributed by atoms with Crippen LogP contribution in [0.1, 0.15) is 0 Å². The molecule has 2 aromatic heterocycles. The van der Waals surface area contributed by atoms with Gasteiger partial charge in [0, 0.05) is 50.7 Å². The van der Waals surface area contributed by atoms with Gasteiger partial charge in [0.25, 0.3) is 0 Å². The summed E-state index contributed by atoms with van der Waals surface area (Å²) in [6.07, 6.45) is 3.08. The molecule has 0 bridgehead atoms. The second-order valence-electron chi connectivity index (χ2n) is 7.52. The fraction of sp³-hybridized carbons (Fsp3) is 0.333. The summed E-state index contributed by atoms with van der Waals surface area (Å²) in [7, 11) is 1.63. The zero-order valence-electron chi connectivity index (χ0n) is 17.7. The molecule has 1 aliphatic heterocycles. The summed E-state index contributed by atoms with van der Waals surface area (Å²) < 4.78 is 10.8. The molecule has 1 N–H and O–H groups in total. The first-order chi connectivity index (χ1) is 15.2. The summed E-state index contributed by atoms with van der Waals surface area (Å²) in [4.78, 5) is 13.7. The smallest absolute Gasteiger partial charge is 0.138 e. The van der Waals surface area contributed by atoms with Gasteiger partial charge in [-0.15, -0.1) is 0 Å². The molecule has 7 nitrogen and oxygen atoms in total. The Kier molecular flexibility index (Phi) is 6.96. The van der Waals surface area contributed by atoms with Crippen LogP contribution in [0.5, 0.6) is 11.5 Å². The molecule has 3 heterocycles. The molecule has 0 aliphatic carbocycles. The first-order valence-corrected chi connectivity index (χ1v) is 10.5. The van der Waals surface area contributed by atoms with Crippen molar-refractivity contribution in [2.45, 2.75) is 6.10 Å². The van der Waals surface area contributed by atoms with Crippen molar-refractivity contribution in [3.63, 3.8) is 0 Å². The maximum atomic E-state index is 10.4. The maximum Gasteiger partial charge on any atom is 0.138 e. The van der Waals surface area contributed by atoms with Gasteiger partial charge in [-0.1, -0.05) is 6.07 Å². The summed E-state index contributed by atoms with van der Waals surface area (Å²) in [5, 5.41) is 10.4. The Hall–Kier alpha value is -3.16. The van der Waals surface area contributed by atoms with Crippen molar-refractivity contribution in [3.8, 4) is 22.8 Å². The number of rotatable bonds is 8. The molecule has 1 unspecified atom stereocenters. The van der Waals surface area contributed by atoms with Crippen molar-refractivity contribution in [3.05, 3.63) is 67.0 Å². The van der Waals surface area contributed by atoms with Gasteiger partial charge in [-0.3, -0.25) is 9.88 Å². The van der Waals surface area contributed by atoms with Crippen LogP contribution in [0.25, 0.3) is 11.3 Å². The van der Waals surface area contributed by atoms with Gasteiger partial charge in [0.1, 0.15) is 30.0 Å². The molecule has 4 rings (SSSR count). The molecule has 0 saturated carbocycles. The van der Waals surface area contributed by atoms with E-state index in [9.17, 15) is 5.11 Å². The number of aliphatic hydroxyl groups excluding tert-OH is 1. The highest BCUT2D eigenvalue weighted by Crippen LogP contribution is 2.27. The van der Waals surface area contributed by atoms with Crippen LogP contribution < -0.4 is 14.4 Å². The zero-order chi connectivity index (χ0) is 21.5. The van der Waals surface area contributed by atoms with Crippen molar-refractivity contribution in [2.24, 2.45) is 0 Å². The van der Waals surface area contributed by atoms with Gasteiger partial charge in [-0.05, 0) is 48.5 Å². The predicted octanol–water partition coefficient (Wildman–Crippen LogP) is 2.71. The van der Waals surface area contributed by atoms with Crippen LogP contribution in [0.3, 0.4) is 0 Å². The normalized spacial score (nSPS) is 15.5. The Balaban J connectivity index is 1.28. The SMILES string of the molecule is COc1ccc(OCC(O)CN2CCN(c3ncccc3-c3ccccn3)CC2)cc1. The van der Waals surface area contributed by atoms with Gasteiger partial charge in [0.2, 0.25) is 0 Å². The maximum absolute atomic E-state index is 10.4. The highest BCUT2D eigenvalue weighted by molar-refractivity contribution is 5.73. The summed E-state index contributed by atoms with van der Waals surface area (Å²) in [6.45, 7) is 4.26. The topological polar surface area (TPSA) is 71.0 Å². The number of aromatic nitrogens is 2. The Morgan fingerprint density at radius 2 is 1.65 bits per heavy atom. The van der Waals surface area contributed by atoms with Crippen molar-refractivity contribution in [1.82, 2.24) is 14.9 Å². The van der Waals surface area contributed by atoms with E-state index in [0.717, 1.165) is 54.8 Å². The van der Waals surface area contributed by atoms with Crippen LogP contribution in [0, 0.1) is 0 Å². The Morgan fingerprint density at radius 3 is 2.35 bits per heavy atom. The van der Waals surface area contributed by atoms with E-state index >= 15 is 0 Å². The standard InChI is InChI=1S/C24H28N4O3/c1-30-20-7-9-21(10-8-20)31-18-19(29)17-27-13-15-28(16-14-27)24-22(5-4-12-26-24)23-6-2-3-11-25-23/h2-12,19,29H,13-18H2,1H3. The van der Waals surface area contributed by atoms with Crippen molar-refractivity contribution >= 4 is 5.82 Å². The number of benzene rings is 1. The number of aliphatic hydroxyl groups is 1. The first kappa shape index (κ1) is 21.1. The molecule has 0 amide bonds. The monoisotopic (exact) mass is 420 g/mol. The van der Waals surface area contributed by atoms with Crippen LogP contribution in [-0.4, -0.2) is 72.5 Å². The lowest BCUT2D eigenvalue weighted by Crippen LogP contribution is -2.49. The Labute approximate surface area is 182 Å². The van der Waals surface area contributed by atoms with Crippen LogP contribution in [0.15, 0.2) is 67.0 Å². The highest BCUT2D eigenvalue weighted by atomic mass is 16.5. The average molecular weight is 421 g/mol. The largest absolute Gasteiger partial charge is 0.497 e. The van der Waals surface area contributed by atoms with Gasteiger partial charge >= 0.3 is 0 Å². The molecule has 1 aromatic carbocycles. The molecule has 1 saturated heterocycles. The minimum Gasteiger partial charge on any atom is -0.497 e. The Morgan fingerprint density at radius 1 is 0.903 bits per heavy atom. The van der Waals surface area contributed by atoms with E-state index < -0.39 is 6.10 Å². The molecule has 0 spiro atoms. The fourth-order valence-electron chi connectivity index (χ4n) is 3.73. The molecular weight excluding hydrogens is 392 g/mol. The molecule has 7 heteroatoms. The highest BCUT2D eigenvalue weighted by Gasteiger charge is 2.22. The minimum atomic E-state index is -0.549. The molecule has 162 valence electrons. The number of ether oxygens (including phenoxy) is 2. The van der Waals surface area contributed by atoms with Gasteiger partial charge < -0.3 is 19.5 Å². The van der Waals surface area contributed by atoms with Gasteiger partial charge in [0.15, 0.2) is 0 Å². The molecule has 1 aliphatic rings. The molecule has 0 radical (unpaired) electrons. The van der Waals surface area contributed by atoms with Crippen LogP contribution in [-0.2, 0) is 0 Å². The molecule has 31 heavy (non-hydrogen) atoms. The second kappa shape index (κ2) is 10.2. The summed E-state index contributed by atoms with van der Waals surface area (Å²) in [6, 6.07) is 17.3. The van der Waals surface area contributed by atoms with Crippen LogP contribution in [0.4, 0.5) is 5.82 Å². The number of hydrogen-bond acceptors (Lipinski definition) is 7. The molecule has 1 fully saturated rings. The number of β-amino-alcohol motifs (C(OH)–C–C–N with tert-alkyl or cyclic N) is 1. The van der Waals surface area contributed by atoms with Crippen molar-refractivity contribution in [1.29, 1.82) is 0 Å². The van der Waals surface area contributed by atoms with E-state index in [1.54, 1.807) is 13.3 Å². The van der Waals surface area contributed by atoms with Crippen LogP contribution >= 0.6 is 0 Å². The number of nitrogens with zero attached hydrogens (tertiary/aromatic N) is 4. The fourth-order valence-corrected chi connectivity index (χ4v) is 3.73. The predicted molar refractivity (Wildman–Crippen MR) is 121 cm³/mol. The third kappa shape index (κ3) is 5.51. The first-order valence-electron chi connectivity index (χ1n) is 10.5. The lowest BCUT2D eigenvalue weighted by atomic mass is 10.1. The average Bonchev–Trinajstić information content (AvgIpc) is 2.84. The van der Waals surface area contributed by atoms with Crippen LogP contribution in [0.2, 0.25) is 0 Å². The quantitative estimate of drug-likeness (QED) is 0.601. The third-order valence-electron chi connectivity index (χ3n) is 5.37. The molecule has 1 atom stereocenters. The Bertz CT molecular complexity index is 945. The number of anilines is 1. The van der Waals surface area contributed by atoms with E-state index in [-0.39, 0.29) is 6.61 Å². The van der Waals surface area contributed by atoms with E-state index in [1.807, 2.05) is 54.7 Å². The van der Waals surface area contributed by atoms with E-state index in [4.69, 9.17) is 9.47 Å². The third-order valence-corrected chi connectivity index (χ3v) is 5.37. The second-order valence-corrected chi connectivity index (χ2v) is 7.52. The van der Waals surface area contributed by atoms with Gasteiger partial charge in [-0.2, -0.15) is 0 Å².